The van der Waals surface area contributed by atoms with Crippen LogP contribution in [0.5, 0.6) is 0 Å². The molecule has 1 saturated carbocycles. The Morgan fingerprint density at radius 2 is 1.90 bits per heavy atom. The van der Waals surface area contributed by atoms with Gasteiger partial charge in [-0.25, -0.2) is 0 Å². The maximum Gasteiger partial charge on any atom is 0.258 e. The molecule has 1 aromatic heterocycles. The zero-order valence-electron chi connectivity index (χ0n) is 11.3. The number of benzene rings is 1. The maximum absolute atomic E-state index is 5.89. The van der Waals surface area contributed by atoms with E-state index in [2.05, 4.69) is 26.1 Å². The smallest absolute Gasteiger partial charge is 0.258 e. The Balaban J connectivity index is 1.83. The normalized spacial score (nSPS) is 17.1. The summed E-state index contributed by atoms with van der Waals surface area (Å²) in [7, 11) is 0. The molecule has 2 aromatic rings. The van der Waals surface area contributed by atoms with Gasteiger partial charge in [-0.3, -0.25) is 0 Å². The van der Waals surface area contributed by atoms with Crippen molar-refractivity contribution in [2.75, 3.05) is 5.73 Å². The molecule has 0 amide bonds. The minimum Gasteiger partial charge on any atom is -0.398 e. The van der Waals surface area contributed by atoms with E-state index in [-0.39, 0.29) is 0 Å². The molecule has 0 aliphatic heterocycles. The van der Waals surface area contributed by atoms with Crippen molar-refractivity contribution >= 4 is 21.6 Å². The van der Waals surface area contributed by atoms with E-state index in [0.717, 1.165) is 15.9 Å². The van der Waals surface area contributed by atoms with Crippen LogP contribution in [0.3, 0.4) is 0 Å². The highest BCUT2D eigenvalue weighted by Crippen LogP contribution is 2.32. The van der Waals surface area contributed by atoms with E-state index < -0.39 is 0 Å². The Morgan fingerprint density at radius 3 is 2.60 bits per heavy atom. The molecule has 20 heavy (non-hydrogen) atoms. The van der Waals surface area contributed by atoms with Crippen molar-refractivity contribution in [3.63, 3.8) is 0 Å². The summed E-state index contributed by atoms with van der Waals surface area (Å²) in [6, 6.07) is 5.69. The molecule has 2 N–H and O–H groups in total. The highest BCUT2D eigenvalue weighted by molar-refractivity contribution is 9.10. The lowest BCUT2D eigenvalue weighted by Gasteiger charge is -2.07. The highest BCUT2D eigenvalue weighted by atomic mass is 79.9. The van der Waals surface area contributed by atoms with Crippen molar-refractivity contribution in [3.8, 4) is 11.5 Å². The van der Waals surface area contributed by atoms with E-state index >= 15 is 0 Å². The van der Waals surface area contributed by atoms with Crippen LogP contribution in [-0.4, -0.2) is 10.1 Å². The number of aromatic nitrogens is 2. The van der Waals surface area contributed by atoms with Gasteiger partial charge >= 0.3 is 0 Å². The Bertz CT molecular complexity index is 589. The minimum absolute atomic E-state index is 0.447. The second-order valence-corrected chi connectivity index (χ2v) is 6.24. The molecule has 0 radical (unpaired) electrons. The Kier molecular flexibility index (Phi) is 4.05. The van der Waals surface area contributed by atoms with Gasteiger partial charge in [0, 0.05) is 21.6 Å². The zero-order valence-corrected chi connectivity index (χ0v) is 12.9. The van der Waals surface area contributed by atoms with Gasteiger partial charge in [0.15, 0.2) is 5.82 Å². The average Bonchev–Trinajstić information content (AvgIpc) is 2.78. The molecule has 106 valence electrons. The molecule has 1 aliphatic rings. The van der Waals surface area contributed by atoms with Crippen LogP contribution >= 0.6 is 15.9 Å². The Labute approximate surface area is 126 Å². The number of nitrogens with two attached hydrogens (primary N) is 1. The molecular formula is C15H18BrN3O. The monoisotopic (exact) mass is 335 g/mol. The summed E-state index contributed by atoms with van der Waals surface area (Å²) in [6.45, 7) is 0. The molecular weight excluding hydrogens is 318 g/mol. The average molecular weight is 336 g/mol. The van der Waals surface area contributed by atoms with Crippen LogP contribution in [0.2, 0.25) is 0 Å². The van der Waals surface area contributed by atoms with Gasteiger partial charge in [-0.2, -0.15) is 4.98 Å². The van der Waals surface area contributed by atoms with Crippen molar-refractivity contribution < 1.29 is 4.52 Å². The topological polar surface area (TPSA) is 64.9 Å². The van der Waals surface area contributed by atoms with Crippen molar-refractivity contribution in [1.82, 2.24) is 10.1 Å². The molecule has 1 fully saturated rings. The van der Waals surface area contributed by atoms with Crippen LogP contribution in [-0.2, 0) is 0 Å². The fourth-order valence-corrected chi connectivity index (χ4v) is 2.98. The molecule has 0 spiro atoms. The molecule has 1 heterocycles. The molecule has 4 nitrogen and oxygen atoms in total. The number of halogens is 1. The van der Waals surface area contributed by atoms with Gasteiger partial charge < -0.3 is 10.3 Å². The van der Waals surface area contributed by atoms with Gasteiger partial charge in [-0.1, -0.05) is 30.8 Å². The first-order valence-corrected chi connectivity index (χ1v) is 7.92. The second kappa shape index (κ2) is 5.95. The third-order valence-electron chi connectivity index (χ3n) is 3.91. The third-order valence-corrected chi connectivity index (χ3v) is 4.63. The number of nitrogens with zero attached hydrogens (tertiary/aromatic N) is 2. The van der Waals surface area contributed by atoms with E-state index in [4.69, 9.17) is 10.3 Å². The first kappa shape index (κ1) is 13.6. The van der Waals surface area contributed by atoms with E-state index in [1.165, 1.54) is 38.5 Å². The van der Waals surface area contributed by atoms with Crippen LogP contribution < -0.4 is 5.73 Å². The predicted octanol–water partition coefficient (Wildman–Crippen LogP) is 4.52. The molecule has 0 unspecified atom stereocenters. The summed E-state index contributed by atoms with van der Waals surface area (Å²) < 4.78 is 6.29. The standard InChI is InChI=1S/C15H18BrN3O/c16-12-8-7-11(9-13(12)17)15-18-14(19-20-15)10-5-3-1-2-4-6-10/h7-10H,1-6,17H2. The van der Waals surface area contributed by atoms with Gasteiger partial charge in [0.05, 0.1) is 0 Å². The fraction of sp³-hybridized carbons (Fsp3) is 0.467. The SMILES string of the molecule is Nc1cc(-c2nc(C3CCCCCC3)no2)ccc1Br. The Hall–Kier alpha value is -1.36. The van der Waals surface area contributed by atoms with E-state index in [1.54, 1.807) is 0 Å². The summed E-state index contributed by atoms with van der Waals surface area (Å²) in [4.78, 5) is 4.57. The number of anilines is 1. The lowest BCUT2D eigenvalue weighted by Crippen LogP contribution is -1.99. The largest absolute Gasteiger partial charge is 0.398 e. The fourth-order valence-electron chi connectivity index (χ4n) is 2.73. The quantitative estimate of drug-likeness (QED) is 0.647. The summed E-state index contributed by atoms with van der Waals surface area (Å²) >= 11 is 3.39. The van der Waals surface area contributed by atoms with E-state index in [9.17, 15) is 0 Å². The first-order valence-electron chi connectivity index (χ1n) is 7.13. The predicted molar refractivity (Wildman–Crippen MR) is 82.3 cm³/mol. The number of rotatable bonds is 2. The van der Waals surface area contributed by atoms with Crippen LogP contribution in [0.1, 0.15) is 50.3 Å². The summed E-state index contributed by atoms with van der Waals surface area (Å²) in [5.41, 5.74) is 7.44. The van der Waals surface area contributed by atoms with Gasteiger partial charge in [0.1, 0.15) is 0 Å². The van der Waals surface area contributed by atoms with Crippen LogP contribution in [0, 0.1) is 0 Å². The van der Waals surface area contributed by atoms with Gasteiger partial charge in [-0.15, -0.1) is 0 Å². The summed E-state index contributed by atoms with van der Waals surface area (Å²) in [5, 5.41) is 4.17. The number of hydrogen-bond acceptors (Lipinski definition) is 4. The van der Waals surface area contributed by atoms with Crippen molar-refractivity contribution in [2.45, 2.75) is 44.4 Å². The van der Waals surface area contributed by atoms with Crippen molar-refractivity contribution in [2.24, 2.45) is 0 Å². The zero-order chi connectivity index (χ0) is 13.9. The molecule has 1 aliphatic carbocycles. The molecule has 3 rings (SSSR count). The first-order chi connectivity index (χ1) is 9.74. The van der Waals surface area contributed by atoms with E-state index in [1.807, 2.05) is 18.2 Å². The third kappa shape index (κ3) is 2.87. The van der Waals surface area contributed by atoms with Crippen LogP contribution in [0.15, 0.2) is 27.2 Å². The van der Waals surface area contributed by atoms with Crippen molar-refractivity contribution in [1.29, 1.82) is 0 Å². The molecule has 0 bridgehead atoms. The maximum atomic E-state index is 5.89. The van der Waals surface area contributed by atoms with Gasteiger partial charge in [0.25, 0.3) is 5.89 Å². The number of nitrogen functional groups attached to an aromatic ring is 1. The molecule has 5 heteroatoms. The summed E-state index contributed by atoms with van der Waals surface area (Å²) in [5.74, 6) is 1.86. The lowest BCUT2D eigenvalue weighted by molar-refractivity contribution is 0.410. The summed E-state index contributed by atoms with van der Waals surface area (Å²) in [6.07, 6.45) is 7.51. The van der Waals surface area contributed by atoms with Crippen molar-refractivity contribution in [3.05, 3.63) is 28.5 Å². The second-order valence-electron chi connectivity index (χ2n) is 5.38. The van der Waals surface area contributed by atoms with Gasteiger partial charge in [-0.05, 0) is 47.0 Å². The van der Waals surface area contributed by atoms with E-state index in [0.29, 0.717) is 17.5 Å². The van der Waals surface area contributed by atoms with Crippen LogP contribution in [0.25, 0.3) is 11.5 Å². The molecule has 1 aromatic carbocycles. The lowest BCUT2D eigenvalue weighted by atomic mass is 10.00. The van der Waals surface area contributed by atoms with Gasteiger partial charge in [0.2, 0.25) is 0 Å². The number of hydrogen-bond donors (Lipinski definition) is 1. The highest BCUT2D eigenvalue weighted by Gasteiger charge is 2.20. The Morgan fingerprint density at radius 1 is 1.15 bits per heavy atom. The molecule has 0 saturated heterocycles. The molecule has 0 atom stereocenters. The van der Waals surface area contributed by atoms with Crippen LogP contribution in [0.4, 0.5) is 5.69 Å². The minimum atomic E-state index is 0.447.